The molecule has 0 bridgehead atoms. The number of methoxy groups -OCH3 is 1. The van der Waals surface area contributed by atoms with Crippen molar-refractivity contribution in [1.82, 2.24) is 5.32 Å². The number of hydrogen-bond donors (Lipinski definition) is 2. The SMILES string of the molecule is COc1ccc2cc(Br)ccc2c1CN1C(=O)[C@@H](NC(=O)C(C)N)C2(CCOCC2)Oc2ccccc21. The number of anilines is 1. The molecule has 0 aliphatic carbocycles. The van der Waals surface area contributed by atoms with Crippen LogP contribution < -0.4 is 25.4 Å². The van der Waals surface area contributed by atoms with Crippen molar-refractivity contribution in [3.8, 4) is 11.5 Å². The summed E-state index contributed by atoms with van der Waals surface area (Å²) in [4.78, 5) is 28.9. The number of nitrogens with two attached hydrogens (primary N) is 1. The average molecular weight is 568 g/mol. The highest BCUT2D eigenvalue weighted by molar-refractivity contribution is 9.10. The number of nitrogens with one attached hydrogen (secondary N) is 1. The number of halogens is 1. The molecule has 1 spiro atoms. The summed E-state index contributed by atoms with van der Waals surface area (Å²) in [5.74, 6) is 0.572. The van der Waals surface area contributed by atoms with Gasteiger partial charge in [0.05, 0.1) is 38.6 Å². The highest BCUT2D eigenvalue weighted by atomic mass is 79.9. The van der Waals surface area contributed by atoms with Crippen LogP contribution in [0.5, 0.6) is 11.5 Å². The first-order valence-electron chi connectivity index (χ1n) is 12.3. The molecule has 9 heteroatoms. The third-order valence-corrected chi connectivity index (χ3v) is 7.63. The van der Waals surface area contributed by atoms with Gasteiger partial charge in [-0.1, -0.05) is 40.2 Å². The molecule has 2 aliphatic heterocycles. The summed E-state index contributed by atoms with van der Waals surface area (Å²) in [5.41, 5.74) is 6.42. The first kappa shape index (κ1) is 25.5. The number of para-hydroxylation sites is 2. The first-order chi connectivity index (χ1) is 17.8. The Labute approximate surface area is 224 Å². The Balaban J connectivity index is 1.65. The van der Waals surface area contributed by atoms with Gasteiger partial charge in [-0.3, -0.25) is 9.59 Å². The van der Waals surface area contributed by atoms with Crippen LogP contribution in [0.2, 0.25) is 0 Å². The lowest BCUT2D eigenvalue weighted by Crippen LogP contribution is -2.65. The molecular weight excluding hydrogens is 538 g/mol. The van der Waals surface area contributed by atoms with Crippen molar-refractivity contribution in [2.24, 2.45) is 5.73 Å². The van der Waals surface area contributed by atoms with Crippen LogP contribution in [0.4, 0.5) is 5.69 Å². The Morgan fingerprint density at radius 2 is 1.97 bits per heavy atom. The Kier molecular flexibility index (Phi) is 7.11. The smallest absolute Gasteiger partial charge is 0.254 e. The van der Waals surface area contributed by atoms with Gasteiger partial charge in [-0.25, -0.2) is 0 Å². The molecule has 3 aromatic carbocycles. The summed E-state index contributed by atoms with van der Waals surface area (Å²) in [6, 6.07) is 15.7. The fourth-order valence-electron chi connectivity index (χ4n) is 5.14. The van der Waals surface area contributed by atoms with Crippen molar-refractivity contribution in [3.05, 3.63) is 64.6 Å². The number of nitrogens with zero attached hydrogens (tertiary/aromatic N) is 1. The van der Waals surface area contributed by atoms with Gasteiger partial charge in [-0.05, 0) is 48.0 Å². The Bertz CT molecular complexity index is 1340. The van der Waals surface area contributed by atoms with Gasteiger partial charge >= 0.3 is 0 Å². The van der Waals surface area contributed by atoms with E-state index < -0.39 is 23.6 Å². The monoisotopic (exact) mass is 567 g/mol. The summed E-state index contributed by atoms with van der Waals surface area (Å²) >= 11 is 3.54. The highest BCUT2D eigenvalue weighted by Crippen LogP contribution is 2.42. The van der Waals surface area contributed by atoms with Crippen molar-refractivity contribution in [3.63, 3.8) is 0 Å². The molecular formula is C28H30BrN3O5. The summed E-state index contributed by atoms with van der Waals surface area (Å²) in [6.45, 7) is 2.66. The van der Waals surface area contributed by atoms with E-state index in [1.54, 1.807) is 18.9 Å². The van der Waals surface area contributed by atoms with Crippen molar-refractivity contribution in [1.29, 1.82) is 0 Å². The maximum Gasteiger partial charge on any atom is 0.254 e. The lowest BCUT2D eigenvalue weighted by Gasteiger charge is -2.41. The van der Waals surface area contributed by atoms with E-state index in [-0.39, 0.29) is 12.5 Å². The number of amides is 2. The molecule has 1 unspecified atom stereocenters. The predicted molar refractivity (Wildman–Crippen MR) is 145 cm³/mol. The number of ether oxygens (including phenoxy) is 3. The molecule has 2 atom stereocenters. The molecule has 2 amide bonds. The molecule has 5 rings (SSSR count). The quantitative estimate of drug-likeness (QED) is 0.484. The molecule has 8 nitrogen and oxygen atoms in total. The second-order valence-electron chi connectivity index (χ2n) is 9.51. The third kappa shape index (κ3) is 4.79. The number of benzene rings is 3. The fourth-order valence-corrected chi connectivity index (χ4v) is 5.52. The fraction of sp³-hybridized carbons (Fsp3) is 0.357. The van der Waals surface area contributed by atoms with Gasteiger partial charge < -0.3 is 30.2 Å². The summed E-state index contributed by atoms with van der Waals surface area (Å²) < 4.78 is 18.9. The topological polar surface area (TPSA) is 103 Å². The van der Waals surface area contributed by atoms with Gasteiger partial charge in [0.25, 0.3) is 5.91 Å². The van der Waals surface area contributed by atoms with Crippen LogP contribution in [0.25, 0.3) is 10.8 Å². The van der Waals surface area contributed by atoms with E-state index in [2.05, 4.69) is 21.2 Å². The van der Waals surface area contributed by atoms with Gasteiger partial charge in [-0.2, -0.15) is 0 Å². The Morgan fingerprint density at radius 3 is 2.70 bits per heavy atom. The van der Waals surface area contributed by atoms with Crippen molar-refractivity contribution >= 4 is 44.2 Å². The van der Waals surface area contributed by atoms with Crippen LogP contribution in [0, 0.1) is 0 Å². The van der Waals surface area contributed by atoms with Gasteiger partial charge in [0.15, 0.2) is 0 Å². The second kappa shape index (κ2) is 10.3. The average Bonchev–Trinajstić information content (AvgIpc) is 2.98. The molecule has 0 radical (unpaired) electrons. The van der Waals surface area contributed by atoms with Gasteiger partial charge in [0, 0.05) is 22.9 Å². The van der Waals surface area contributed by atoms with Crippen LogP contribution in [-0.2, 0) is 20.9 Å². The molecule has 1 saturated heterocycles. The first-order valence-corrected chi connectivity index (χ1v) is 13.1. The minimum absolute atomic E-state index is 0.221. The summed E-state index contributed by atoms with van der Waals surface area (Å²) in [7, 11) is 1.62. The largest absolute Gasteiger partial charge is 0.496 e. The van der Waals surface area contributed by atoms with E-state index >= 15 is 0 Å². The predicted octanol–water partition coefficient (Wildman–Crippen LogP) is 3.92. The highest BCUT2D eigenvalue weighted by Gasteiger charge is 2.51. The maximum atomic E-state index is 14.4. The van der Waals surface area contributed by atoms with E-state index in [1.165, 1.54) is 0 Å². The minimum atomic E-state index is -0.960. The lowest BCUT2D eigenvalue weighted by molar-refractivity contribution is -0.137. The van der Waals surface area contributed by atoms with Crippen LogP contribution >= 0.6 is 15.9 Å². The number of fused-ring (bicyclic) bond motifs is 2. The molecule has 1 fully saturated rings. The summed E-state index contributed by atoms with van der Waals surface area (Å²) in [6.07, 6.45) is 0.910. The Hall–Kier alpha value is -3.14. The van der Waals surface area contributed by atoms with E-state index in [1.807, 2.05) is 54.6 Å². The maximum absolute atomic E-state index is 14.4. The molecule has 194 valence electrons. The molecule has 0 saturated carbocycles. The number of hydrogen-bond acceptors (Lipinski definition) is 6. The van der Waals surface area contributed by atoms with E-state index in [0.29, 0.717) is 43.2 Å². The standard InChI is InChI=1S/C28H30BrN3O5/c1-17(30)26(33)31-25-27(34)32(16-21-20-9-8-19(29)15-18(20)7-10-23(21)35-2)22-5-3-4-6-24(22)37-28(25)11-13-36-14-12-28/h3-10,15,17,25H,11-14,16,30H2,1-2H3,(H,31,33)/t17?,25-/m1/s1. The third-order valence-electron chi connectivity index (χ3n) is 7.13. The lowest BCUT2D eigenvalue weighted by atomic mass is 9.84. The molecule has 3 N–H and O–H groups in total. The molecule has 0 aromatic heterocycles. The van der Waals surface area contributed by atoms with Crippen LogP contribution in [0.15, 0.2) is 59.1 Å². The van der Waals surface area contributed by atoms with Gasteiger partial charge in [0.1, 0.15) is 23.1 Å². The van der Waals surface area contributed by atoms with Gasteiger partial charge in [-0.15, -0.1) is 0 Å². The molecule has 3 aromatic rings. The van der Waals surface area contributed by atoms with E-state index in [0.717, 1.165) is 20.8 Å². The zero-order chi connectivity index (χ0) is 26.2. The van der Waals surface area contributed by atoms with E-state index in [4.69, 9.17) is 19.9 Å². The number of carbonyl (C=O) groups excluding carboxylic acids is 2. The zero-order valence-electron chi connectivity index (χ0n) is 20.8. The van der Waals surface area contributed by atoms with Crippen LogP contribution in [0.1, 0.15) is 25.3 Å². The molecule has 2 aliphatic rings. The van der Waals surface area contributed by atoms with E-state index in [9.17, 15) is 9.59 Å². The van der Waals surface area contributed by atoms with Crippen molar-refractivity contribution in [2.45, 2.75) is 44.0 Å². The normalized spacial score (nSPS) is 19.6. The minimum Gasteiger partial charge on any atom is -0.496 e. The second-order valence-corrected chi connectivity index (χ2v) is 10.4. The van der Waals surface area contributed by atoms with Crippen LogP contribution in [-0.4, -0.2) is 49.8 Å². The van der Waals surface area contributed by atoms with Crippen LogP contribution in [0.3, 0.4) is 0 Å². The summed E-state index contributed by atoms with van der Waals surface area (Å²) in [5, 5.41) is 4.90. The van der Waals surface area contributed by atoms with Crippen molar-refractivity contribution < 1.29 is 23.8 Å². The van der Waals surface area contributed by atoms with Crippen molar-refractivity contribution in [2.75, 3.05) is 25.2 Å². The molecule has 37 heavy (non-hydrogen) atoms. The number of carbonyl (C=O) groups is 2. The Morgan fingerprint density at radius 1 is 1.22 bits per heavy atom. The molecule has 2 heterocycles. The zero-order valence-corrected chi connectivity index (χ0v) is 22.4. The number of rotatable bonds is 5. The van der Waals surface area contributed by atoms with Gasteiger partial charge in [0.2, 0.25) is 5.91 Å².